The van der Waals surface area contributed by atoms with Crippen LogP contribution in [-0.2, 0) is 7.05 Å². The summed E-state index contributed by atoms with van der Waals surface area (Å²) >= 11 is 0. The third-order valence-electron chi connectivity index (χ3n) is 3.66. The molecule has 0 radical (unpaired) electrons. The lowest BCUT2D eigenvalue weighted by molar-refractivity contribution is 0.0930. The van der Waals surface area contributed by atoms with Crippen LogP contribution in [0.1, 0.15) is 35.0 Å². The maximum atomic E-state index is 12.5. The smallest absolute Gasteiger partial charge is 0.268 e. The topological polar surface area (TPSA) is 62.7 Å². The minimum Gasteiger partial charge on any atom is -0.344 e. The Morgan fingerprint density at radius 3 is 2.81 bits per heavy atom. The van der Waals surface area contributed by atoms with E-state index in [0.29, 0.717) is 5.69 Å². The zero-order chi connectivity index (χ0) is 15.0. The molecule has 5 nitrogen and oxygen atoms in total. The summed E-state index contributed by atoms with van der Waals surface area (Å²) < 4.78 is 1.91. The maximum Gasteiger partial charge on any atom is 0.268 e. The summed E-state index contributed by atoms with van der Waals surface area (Å²) in [6, 6.07) is 9.70. The molecule has 0 fully saturated rings. The van der Waals surface area contributed by atoms with Gasteiger partial charge in [-0.15, -0.1) is 0 Å². The van der Waals surface area contributed by atoms with E-state index < -0.39 is 0 Å². The van der Waals surface area contributed by atoms with Gasteiger partial charge in [0.05, 0.1) is 6.04 Å². The Labute approximate surface area is 123 Å². The number of carbonyl (C=O) groups excluding carboxylic acids is 1. The third-order valence-corrected chi connectivity index (χ3v) is 3.66. The van der Waals surface area contributed by atoms with Gasteiger partial charge < -0.3 is 14.9 Å². The molecular weight excluding hydrogens is 264 g/mol. The molecule has 1 atom stereocenters. The van der Waals surface area contributed by atoms with Crippen molar-refractivity contribution in [3.8, 4) is 0 Å². The maximum absolute atomic E-state index is 12.5. The van der Waals surface area contributed by atoms with Crippen LogP contribution in [0.5, 0.6) is 0 Å². The van der Waals surface area contributed by atoms with Crippen molar-refractivity contribution in [1.29, 1.82) is 0 Å². The van der Waals surface area contributed by atoms with Gasteiger partial charge >= 0.3 is 0 Å². The van der Waals surface area contributed by atoms with Gasteiger partial charge in [-0.25, -0.2) is 4.98 Å². The van der Waals surface area contributed by atoms with Gasteiger partial charge in [-0.3, -0.25) is 4.79 Å². The van der Waals surface area contributed by atoms with Crippen LogP contribution in [-0.4, -0.2) is 20.4 Å². The molecule has 3 rings (SSSR count). The van der Waals surface area contributed by atoms with Gasteiger partial charge in [-0.1, -0.05) is 18.2 Å². The number of amides is 1. The fourth-order valence-corrected chi connectivity index (χ4v) is 2.50. The largest absolute Gasteiger partial charge is 0.344 e. The molecule has 108 valence electrons. The summed E-state index contributed by atoms with van der Waals surface area (Å²) in [7, 11) is 1.90. The molecule has 1 aromatic carbocycles. The second kappa shape index (κ2) is 5.09. The van der Waals surface area contributed by atoms with Gasteiger partial charge in [-0.05, 0) is 26.0 Å². The van der Waals surface area contributed by atoms with E-state index in [0.717, 1.165) is 22.4 Å². The molecule has 2 N–H and O–H groups in total. The molecule has 0 spiro atoms. The number of nitrogens with zero attached hydrogens (tertiary/aromatic N) is 2. The Kier molecular flexibility index (Phi) is 3.25. The van der Waals surface area contributed by atoms with E-state index in [4.69, 9.17) is 0 Å². The van der Waals surface area contributed by atoms with Crippen LogP contribution in [0.2, 0.25) is 0 Å². The van der Waals surface area contributed by atoms with Gasteiger partial charge in [0.15, 0.2) is 0 Å². The second-order valence-electron chi connectivity index (χ2n) is 5.29. The van der Waals surface area contributed by atoms with Crippen molar-refractivity contribution in [1.82, 2.24) is 19.9 Å². The average Bonchev–Trinajstić information content (AvgIpc) is 3.04. The first-order chi connectivity index (χ1) is 10.1. The lowest BCUT2D eigenvalue weighted by Gasteiger charge is -2.12. The van der Waals surface area contributed by atoms with Crippen molar-refractivity contribution in [3.63, 3.8) is 0 Å². The van der Waals surface area contributed by atoms with E-state index in [-0.39, 0.29) is 11.9 Å². The number of rotatable bonds is 3. The van der Waals surface area contributed by atoms with Gasteiger partial charge in [0.25, 0.3) is 5.91 Å². The number of para-hydroxylation sites is 1. The highest BCUT2D eigenvalue weighted by atomic mass is 16.2. The van der Waals surface area contributed by atoms with E-state index in [9.17, 15) is 4.79 Å². The Hall–Kier alpha value is -2.56. The lowest BCUT2D eigenvalue weighted by Crippen LogP contribution is -2.28. The van der Waals surface area contributed by atoms with Gasteiger partial charge in [0.2, 0.25) is 0 Å². The molecule has 0 bridgehead atoms. The number of hydrogen-bond donors (Lipinski definition) is 2. The molecule has 0 aliphatic carbocycles. The number of aromatic nitrogens is 3. The Balaban J connectivity index is 1.85. The second-order valence-corrected chi connectivity index (χ2v) is 5.29. The molecular formula is C16H18N4O. The highest BCUT2D eigenvalue weighted by molar-refractivity contribution is 5.98. The third kappa shape index (κ3) is 2.42. The van der Waals surface area contributed by atoms with Crippen molar-refractivity contribution in [2.45, 2.75) is 19.9 Å². The lowest BCUT2D eigenvalue weighted by atomic mass is 10.2. The summed E-state index contributed by atoms with van der Waals surface area (Å²) in [5.74, 6) is 0.662. The molecule has 0 unspecified atom stereocenters. The zero-order valence-corrected chi connectivity index (χ0v) is 12.3. The number of H-pyrrole nitrogens is 1. The first-order valence-corrected chi connectivity index (χ1v) is 6.93. The van der Waals surface area contributed by atoms with Crippen LogP contribution >= 0.6 is 0 Å². The van der Waals surface area contributed by atoms with E-state index >= 15 is 0 Å². The summed E-state index contributed by atoms with van der Waals surface area (Å²) in [6.45, 7) is 3.85. The molecule has 2 aromatic heterocycles. The summed E-state index contributed by atoms with van der Waals surface area (Å²) in [5, 5.41) is 4.04. The van der Waals surface area contributed by atoms with Crippen LogP contribution in [0.3, 0.4) is 0 Å². The fraction of sp³-hybridized carbons (Fsp3) is 0.250. The molecule has 2 heterocycles. The number of benzene rings is 1. The van der Waals surface area contributed by atoms with Gasteiger partial charge in [0.1, 0.15) is 11.5 Å². The summed E-state index contributed by atoms with van der Waals surface area (Å²) in [5.41, 5.74) is 2.67. The molecule has 0 saturated heterocycles. The number of imidazole rings is 1. The Morgan fingerprint density at radius 2 is 2.14 bits per heavy atom. The van der Waals surface area contributed by atoms with Crippen LogP contribution < -0.4 is 5.32 Å². The number of fused-ring (bicyclic) bond motifs is 1. The minimum absolute atomic E-state index is 0.102. The quantitative estimate of drug-likeness (QED) is 0.776. The van der Waals surface area contributed by atoms with E-state index in [1.807, 2.05) is 55.8 Å². The Morgan fingerprint density at radius 1 is 1.38 bits per heavy atom. The number of hydrogen-bond acceptors (Lipinski definition) is 2. The molecule has 1 amide bonds. The van der Waals surface area contributed by atoms with Crippen molar-refractivity contribution in [2.24, 2.45) is 7.05 Å². The number of aryl methyl sites for hydroxylation is 2. The molecule has 0 aliphatic rings. The summed E-state index contributed by atoms with van der Waals surface area (Å²) in [4.78, 5) is 19.8. The molecule has 0 saturated carbocycles. The highest BCUT2D eigenvalue weighted by Crippen LogP contribution is 2.19. The standard InChI is InChI=1S/C16H18N4O/c1-10-9-17-15(18-10)11(2)19-16(21)14-8-12-6-4-5-7-13(12)20(14)3/h4-9,11H,1-3H3,(H,17,18)(H,19,21)/t11-/m0/s1. The zero-order valence-electron chi connectivity index (χ0n) is 12.3. The van der Waals surface area contributed by atoms with E-state index in [2.05, 4.69) is 15.3 Å². The van der Waals surface area contributed by atoms with Crippen molar-refractivity contribution < 1.29 is 4.79 Å². The molecule has 21 heavy (non-hydrogen) atoms. The average molecular weight is 282 g/mol. The highest BCUT2D eigenvalue weighted by Gasteiger charge is 2.17. The van der Waals surface area contributed by atoms with Gasteiger partial charge in [-0.2, -0.15) is 0 Å². The number of nitrogens with one attached hydrogen (secondary N) is 2. The Bertz CT molecular complexity index is 800. The SMILES string of the molecule is Cc1cnc([C@H](C)NC(=O)c2cc3ccccc3n2C)[nH]1. The van der Waals surface area contributed by atoms with Crippen molar-refractivity contribution in [2.75, 3.05) is 0 Å². The minimum atomic E-state index is -0.163. The van der Waals surface area contributed by atoms with Crippen molar-refractivity contribution in [3.05, 3.63) is 53.7 Å². The van der Waals surface area contributed by atoms with Crippen LogP contribution in [0.4, 0.5) is 0 Å². The number of carbonyl (C=O) groups is 1. The number of aromatic amines is 1. The predicted octanol–water partition coefficient (Wildman–Crippen LogP) is 2.70. The van der Waals surface area contributed by atoms with Crippen LogP contribution in [0.15, 0.2) is 36.5 Å². The monoisotopic (exact) mass is 282 g/mol. The van der Waals surface area contributed by atoms with E-state index in [1.54, 1.807) is 6.20 Å². The van der Waals surface area contributed by atoms with Gasteiger partial charge in [0, 0.05) is 29.8 Å². The van der Waals surface area contributed by atoms with E-state index in [1.165, 1.54) is 0 Å². The molecule has 0 aliphatic heterocycles. The normalized spacial score (nSPS) is 12.5. The van der Waals surface area contributed by atoms with Crippen molar-refractivity contribution >= 4 is 16.8 Å². The summed E-state index contributed by atoms with van der Waals surface area (Å²) in [6.07, 6.45) is 1.76. The van der Waals surface area contributed by atoms with Crippen LogP contribution in [0, 0.1) is 6.92 Å². The molecule has 5 heteroatoms. The first kappa shape index (κ1) is 13.4. The first-order valence-electron chi connectivity index (χ1n) is 6.93. The molecule has 3 aromatic rings. The fourth-order valence-electron chi connectivity index (χ4n) is 2.50. The van der Waals surface area contributed by atoms with Crippen LogP contribution in [0.25, 0.3) is 10.9 Å². The predicted molar refractivity (Wildman–Crippen MR) is 82.1 cm³/mol.